The van der Waals surface area contributed by atoms with Crippen LogP contribution in [-0.4, -0.2) is 28.1 Å². The number of nitrogens with two attached hydrogens (primary N) is 1. The van der Waals surface area contributed by atoms with Gasteiger partial charge in [0.1, 0.15) is 17.5 Å². The Bertz CT molecular complexity index is 1260. The first-order valence-corrected chi connectivity index (χ1v) is 11.8. The average molecular weight is 486 g/mol. The van der Waals surface area contributed by atoms with Gasteiger partial charge < -0.3 is 10.3 Å². The van der Waals surface area contributed by atoms with Crippen molar-refractivity contribution in [3.63, 3.8) is 0 Å². The van der Waals surface area contributed by atoms with Gasteiger partial charge in [0, 0.05) is 42.0 Å². The van der Waals surface area contributed by atoms with Crippen LogP contribution in [0.15, 0.2) is 42.6 Å². The zero-order chi connectivity index (χ0) is 24.7. The second-order valence-electron chi connectivity index (χ2n) is 9.45. The molecule has 2 aromatic carbocycles. The molecule has 9 heteroatoms. The van der Waals surface area contributed by atoms with Crippen LogP contribution < -0.4 is 5.73 Å². The van der Waals surface area contributed by atoms with E-state index < -0.39 is 29.4 Å². The molecule has 0 spiro atoms. The standard InChI is InChI=1S/C26H26F3N3O3/c27-19-9-18(10-20(28)12-19)23-6-8-35-32(23)26(34)16-3-1-15(2-4-16)14-31-7-5-17-11-22(29)21(25(30)33)13-24(17)31/h5,7,9-13,15-16,23H,1-4,6,8,14H2,(H2,30,33)/t15-,16-,23-/m0/s1. The Balaban J connectivity index is 1.24. The average Bonchev–Trinajstić information content (AvgIpc) is 3.45. The summed E-state index contributed by atoms with van der Waals surface area (Å²) in [5.74, 6) is -2.86. The second-order valence-corrected chi connectivity index (χ2v) is 9.45. The molecule has 5 rings (SSSR count). The van der Waals surface area contributed by atoms with Gasteiger partial charge in [-0.15, -0.1) is 0 Å². The number of carbonyl (C=O) groups is 2. The molecule has 3 aromatic rings. The lowest BCUT2D eigenvalue weighted by Crippen LogP contribution is -2.37. The third-order valence-corrected chi connectivity index (χ3v) is 7.17. The summed E-state index contributed by atoms with van der Waals surface area (Å²) in [5, 5.41) is 2.00. The summed E-state index contributed by atoms with van der Waals surface area (Å²) in [4.78, 5) is 30.3. The number of hydrogen-bond acceptors (Lipinski definition) is 3. The summed E-state index contributed by atoms with van der Waals surface area (Å²) in [6, 6.07) is 7.41. The maximum atomic E-state index is 14.1. The predicted molar refractivity (Wildman–Crippen MR) is 122 cm³/mol. The number of carbonyl (C=O) groups excluding carboxylic acids is 2. The van der Waals surface area contributed by atoms with Gasteiger partial charge in [-0.3, -0.25) is 14.4 Å². The van der Waals surface area contributed by atoms with Crippen molar-refractivity contribution < 1.29 is 27.6 Å². The number of aromatic nitrogens is 1. The number of fused-ring (bicyclic) bond motifs is 1. The summed E-state index contributed by atoms with van der Waals surface area (Å²) >= 11 is 0. The van der Waals surface area contributed by atoms with Crippen LogP contribution in [0.4, 0.5) is 13.2 Å². The SMILES string of the molecule is NC(=O)c1cc2c(ccn2C[C@H]2CC[C@H](C(=O)N3OCC[C@H]3c3cc(F)cc(F)c3)CC2)cc1F. The minimum Gasteiger partial charge on any atom is -0.366 e. The van der Waals surface area contributed by atoms with Crippen LogP contribution in [0.25, 0.3) is 10.9 Å². The quantitative estimate of drug-likeness (QED) is 0.560. The van der Waals surface area contributed by atoms with Crippen molar-refractivity contribution in [2.24, 2.45) is 17.6 Å². The first-order valence-electron chi connectivity index (χ1n) is 11.8. The van der Waals surface area contributed by atoms with Crippen molar-refractivity contribution in [1.82, 2.24) is 9.63 Å². The fourth-order valence-electron chi connectivity index (χ4n) is 5.36. The van der Waals surface area contributed by atoms with E-state index in [2.05, 4.69) is 0 Å². The highest BCUT2D eigenvalue weighted by Crippen LogP contribution is 2.37. The molecule has 2 heterocycles. The Labute approximate surface area is 200 Å². The van der Waals surface area contributed by atoms with Gasteiger partial charge in [-0.25, -0.2) is 18.2 Å². The maximum absolute atomic E-state index is 14.1. The van der Waals surface area contributed by atoms with Crippen LogP contribution in [0.5, 0.6) is 0 Å². The predicted octanol–water partition coefficient (Wildman–Crippen LogP) is 4.87. The highest BCUT2D eigenvalue weighted by atomic mass is 19.1. The van der Waals surface area contributed by atoms with Gasteiger partial charge in [-0.1, -0.05) is 0 Å². The summed E-state index contributed by atoms with van der Waals surface area (Å²) in [6.45, 7) is 0.998. The van der Waals surface area contributed by atoms with Crippen molar-refractivity contribution >= 4 is 22.7 Å². The van der Waals surface area contributed by atoms with Crippen LogP contribution in [0.2, 0.25) is 0 Å². The van der Waals surface area contributed by atoms with Crippen LogP contribution in [-0.2, 0) is 16.2 Å². The van der Waals surface area contributed by atoms with E-state index in [0.717, 1.165) is 24.4 Å². The summed E-state index contributed by atoms with van der Waals surface area (Å²) in [7, 11) is 0. The van der Waals surface area contributed by atoms with Crippen molar-refractivity contribution in [1.29, 1.82) is 0 Å². The first kappa shape index (κ1) is 23.4. The van der Waals surface area contributed by atoms with Gasteiger partial charge in [0.2, 0.25) is 5.91 Å². The summed E-state index contributed by atoms with van der Waals surface area (Å²) < 4.78 is 43.5. The van der Waals surface area contributed by atoms with Crippen molar-refractivity contribution in [2.45, 2.75) is 44.7 Å². The highest BCUT2D eigenvalue weighted by Gasteiger charge is 2.37. The van der Waals surface area contributed by atoms with Gasteiger partial charge in [0.05, 0.1) is 18.2 Å². The lowest BCUT2D eigenvalue weighted by molar-refractivity contribution is -0.183. The van der Waals surface area contributed by atoms with E-state index in [1.165, 1.54) is 29.3 Å². The van der Waals surface area contributed by atoms with E-state index in [1.807, 2.05) is 10.8 Å². The molecular formula is C26H26F3N3O3. The molecule has 2 fully saturated rings. The molecule has 1 aliphatic carbocycles. The molecule has 2 N–H and O–H groups in total. The molecule has 2 amide bonds. The van der Waals surface area contributed by atoms with Crippen LogP contribution >= 0.6 is 0 Å². The van der Waals surface area contributed by atoms with Crippen molar-refractivity contribution in [3.05, 3.63) is 71.2 Å². The Kier molecular flexibility index (Phi) is 6.27. The number of nitrogens with zero attached hydrogens (tertiary/aromatic N) is 2. The van der Waals surface area contributed by atoms with E-state index in [0.29, 0.717) is 49.3 Å². The monoisotopic (exact) mass is 485 g/mol. The molecule has 1 atom stereocenters. The maximum Gasteiger partial charge on any atom is 0.251 e. The first-order chi connectivity index (χ1) is 16.8. The fraction of sp³-hybridized carbons (Fsp3) is 0.385. The topological polar surface area (TPSA) is 77.6 Å². The lowest BCUT2D eigenvalue weighted by Gasteiger charge is -2.32. The van der Waals surface area contributed by atoms with E-state index in [9.17, 15) is 22.8 Å². The molecule has 35 heavy (non-hydrogen) atoms. The van der Waals surface area contributed by atoms with Gasteiger partial charge in [-0.05, 0) is 67.5 Å². The highest BCUT2D eigenvalue weighted by molar-refractivity contribution is 5.97. The summed E-state index contributed by atoms with van der Waals surface area (Å²) in [6.07, 6.45) is 5.33. The third-order valence-electron chi connectivity index (χ3n) is 7.17. The molecule has 0 bridgehead atoms. The normalized spacial score (nSPS) is 22.6. The number of hydrogen-bond donors (Lipinski definition) is 1. The molecule has 0 radical (unpaired) electrons. The second kappa shape index (κ2) is 9.37. The zero-order valence-corrected chi connectivity index (χ0v) is 19.1. The van der Waals surface area contributed by atoms with Crippen LogP contribution in [0, 0.1) is 29.3 Å². The largest absolute Gasteiger partial charge is 0.366 e. The third kappa shape index (κ3) is 4.65. The van der Waals surface area contributed by atoms with Crippen LogP contribution in [0.3, 0.4) is 0 Å². The lowest BCUT2D eigenvalue weighted by atomic mass is 9.81. The van der Waals surface area contributed by atoms with Crippen LogP contribution in [0.1, 0.15) is 54.1 Å². The van der Waals surface area contributed by atoms with E-state index in [1.54, 1.807) is 6.07 Å². The molecule has 6 nitrogen and oxygen atoms in total. The molecule has 2 aliphatic rings. The number of hydroxylamine groups is 2. The smallest absolute Gasteiger partial charge is 0.251 e. The molecule has 184 valence electrons. The molecular weight excluding hydrogens is 459 g/mol. The zero-order valence-electron chi connectivity index (χ0n) is 19.1. The van der Waals surface area contributed by atoms with E-state index in [-0.39, 0.29) is 17.4 Å². The van der Waals surface area contributed by atoms with Gasteiger partial charge in [0.25, 0.3) is 5.91 Å². The molecule has 1 aliphatic heterocycles. The number of benzene rings is 2. The Hall–Kier alpha value is -3.33. The molecule has 0 unspecified atom stereocenters. The molecule has 1 saturated carbocycles. The summed E-state index contributed by atoms with van der Waals surface area (Å²) in [5.41, 5.74) is 6.30. The van der Waals surface area contributed by atoms with Gasteiger partial charge in [0.15, 0.2) is 0 Å². The van der Waals surface area contributed by atoms with Crippen molar-refractivity contribution in [3.8, 4) is 0 Å². The Morgan fingerprint density at radius 1 is 0.971 bits per heavy atom. The molecule has 1 saturated heterocycles. The van der Waals surface area contributed by atoms with Crippen molar-refractivity contribution in [2.75, 3.05) is 6.61 Å². The number of halogens is 3. The molecule has 1 aromatic heterocycles. The number of amides is 2. The Morgan fingerprint density at radius 2 is 1.69 bits per heavy atom. The van der Waals surface area contributed by atoms with Gasteiger partial charge >= 0.3 is 0 Å². The minimum atomic E-state index is -0.806. The van der Waals surface area contributed by atoms with E-state index >= 15 is 0 Å². The van der Waals surface area contributed by atoms with Gasteiger partial charge in [-0.2, -0.15) is 0 Å². The Morgan fingerprint density at radius 3 is 2.37 bits per heavy atom. The minimum absolute atomic E-state index is 0.134. The van der Waals surface area contributed by atoms with E-state index in [4.69, 9.17) is 10.6 Å². The fourth-order valence-corrected chi connectivity index (χ4v) is 5.36. The number of rotatable bonds is 5. The number of primary amides is 1.